The van der Waals surface area contributed by atoms with Gasteiger partial charge < -0.3 is 15.2 Å². The van der Waals surface area contributed by atoms with Crippen LogP contribution in [0.4, 0.5) is 0 Å². The molecule has 1 unspecified atom stereocenters. The van der Waals surface area contributed by atoms with Crippen molar-refractivity contribution in [3.8, 4) is 11.5 Å². The number of aryl methyl sites for hydroxylation is 1. The van der Waals surface area contributed by atoms with Crippen LogP contribution in [-0.2, 0) is 0 Å². The third kappa shape index (κ3) is 4.16. The Morgan fingerprint density at radius 1 is 1.10 bits per heavy atom. The van der Waals surface area contributed by atoms with Gasteiger partial charge in [-0.15, -0.1) is 11.8 Å². The zero-order valence-electron chi connectivity index (χ0n) is 12.6. The fourth-order valence-electron chi connectivity index (χ4n) is 2.11. The van der Waals surface area contributed by atoms with Crippen molar-refractivity contribution in [1.29, 1.82) is 0 Å². The fraction of sp³-hybridized carbons (Fsp3) is 0.294. The fourth-order valence-corrected chi connectivity index (χ4v) is 3.10. The van der Waals surface area contributed by atoms with E-state index in [1.165, 1.54) is 10.5 Å². The van der Waals surface area contributed by atoms with Crippen LogP contribution in [0.3, 0.4) is 0 Å². The van der Waals surface area contributed by atoms with Gasteiger partial charge in [-0.3, -0.25) is 0 Å². The number of methoxy groups -OCH3 is 2. The number of ether oxygens (including phenoxy) is 2. The highest BCUT2D eigenvalue weighted by Gasteiger charge is 2.13. The zero-order chi connectivity index (χ0) is 15.2. The van der Waals surface area contributed by atoms with E-state index in [4.69, 9.17) is 15.2 Å². The minimum absolute atomic E-state index is 0.0867. The van der Waals surface area contributed by atoms with Crippen LogP contribution in [0.2, 0.25) is 0 Å². The topological polar surface area (TPSA) is 44.5 Å². The van der Waals surface area contributed by atoms with Gasteiger partial charge in [0.25, 0.3) is 0 Å². The summed E-state index contributed by atoms with van der Waals surface area (Å²) in [5.41, 5.74) is 8.57. The van der Waals surface area contributed by atoms with E-state index in [-0.39, 0.29) is 6.04 Å². The minimum atomic E-state index is -0.0867. The van der Waals surface area contributed by atoms with Gasteiger partial charge in [0.15, 0.2) is 0 Å². The number of benzene rings is 2. The Bertz CT molecular complexity index is 601. The summed E-state index contributed by atoms with van der Waals surface area (Å²) in [5, 5.41) is 0. The number of hydrogen-bond donors (Lipinski definition) is 1. The van der Waals surface area contributed by atoms with Gasteiger partial charge in [-0.2, -0.15) is 0 Å². The average molecular weight is 303 g/mol. The summed E-state index contributed by atoms with van der Waals surface area (Å²) in [6, 6.07) is 14.1. The molecule has 0 aliphatic heterocycles. The van der Waals surface area contributed by atoms with Crippen LogP contribution in [0, 0.1) is 6.92 Å². The second-order valence-electron chi connectivity index (χ2n) is 4.84. The summed E-state index contributed by atoms with van der Waals surface area (Å²) in [7, 11) is 3.29. The van der Waals surface area contributed by atoms with E-state index >= 15 is 0 Å². The quantitative estimate of drug-likeness (QED) is 0.824. The highest BCUT2D eigenvalue weighted by molar-refractivity contribution is 7.99. The molecule has 0 aliphatic carbocycles. The lowest BCUT2D eigenvalue weighted by Crippen LogP contribution is -2.14. The molecule has 0 spiro atoms. The number of nitrogens with two attached hydrogens (primary N) is 1. The van der Waals surface area contributed by atoms with Crippen molar-refractivity contribution in [2.45, 2.75) is 17.9 Å². The van der Waals surface area contributed by atoms with Gasteiger partial charge in [-0.25, -0.2) is 0 Å². The maximum absolute atomic E-state index is 6.31. The first-order valence-corrected chi connectivity index (χ1v) is 7.79. The van der Waals surface area contributed by atoms with Gasteiger partial charge >= 0.3 is 0 Å². The molecule has 3 nitrogen and oxygen atoms in total. The molecule has 2 rings (SSSR count). The minimum Gasteiger partial charge on any atom is -0.497 e. The molecule has 0 fully saturated rings. The second-order valence-corrected chi connectivity index (χ2v) is 5.94. The predicted octanol–water partition coefficient (Wildman–Crippen LogP) is 3.80. The molecule has 112 valence electrons. The molecular weight excluding hydrogens is 282 g/mol. The van der Waals surface area contributed by atoms with Crippen LogP contribution >= 0.6 is 11.8 Å². The van der Waals surface area contributed by atoms with E-state index in [1.54, 1.807) is 26.0 Å². The lowest BCUT2D eigenvalue weighted by Gasteiger charge is -2.16. The summed E-state index contributed by atoms with van der Waals surface area (Å²) in [4.78, 5) is 1.23. The second kappa shape index (κ2) is 7.38. The summed E-state index contributed by atoms with van der Waals surface area (Å²) >= 11 is 1.75. The Morgan fingerprint density at radius 2 is 1.90 bits per heavy atom. The van der Waals surface area contributed by atoms with Gasteiger partial charge in [0.05, 0.1) is 14.2 Å². The third-order valence-corrected chi connectivity index (χ3v) is 4.37. The number of thioether (sulfide) groups is 1. The van der Waals surface area contributed by atoms with Crippen molar-refractivity contribution in [3.63, 3.8) is 0 Å². The molecule has 4 heteroatoms. The molecule has 0 heterocycles. The maximum Gasteiger partial charge on any atom is 0.127 e. The highest BCUT2D eigenvalue weighted by Crippen LogP contribution is 2.31. The van der Waals surface area contributed by atoms with E-state index in [2.05, 4.69) is 31.2 Å². The molecule has 0 aliphatic rings. The van der Waals surface area contributed by atoms with E-state index < -0.39 is 0 Å². The Morgan fingerprint density at radius 3 is 2.57 bits per heavy atom. The van der Waals surface area contributed by atoms with Gasteiger partial charge in [0.1, 0.15) is 11.5 Å². The molecule has 0 bridgehead atoms. The monoisotopic (exact) mass is 303 g/mol. The molecular formula is C17H21NO2S. The first-order chi connectivity index (χ1) is 10.1. The van der Waals surface area contributed by atoms with Crippen LogP contribution in [0.1, 0.15) is 17.2 Å². The molecule has 2 aromatic carbocycles. The van der Waals surface area contributed by atoms with E-state index in [0.29, 0.717) is 0 Å². The van der Waals surface area contributed by atoms with Crippen LogP contribution in [0.25, 0.3) is 0 Å². The van der Waals surface area contributed by atoms with Gasteiger partial charge in [-0.05, 0) is 25.1 Å². The first kappa shape index (κ1) is 15.7. The normalized spacial score (nSPS) is 12.0. The molecule has 1 atom stereocenters. The summed E-state index contributed by atoms with van der Waals surface area (Å²) in [6.45, 7) is 2.09. The summed E-state index contributed by atoms with van der Waals surface area (Å²) in [6.07, 6.45) is 0. The van der Waals surface area contributed by atoms with E-state index in [1.807, 2.05) is 18.2 Å². The molecule has 2 aromatic rings. The SMILES string of the molecule is COc1ccc(C(N)CSc2cccc(C)c2)c(OC)c1. The van der Waals surface area contributed by atoms with Crippen molar-refractivity contribution < 1.29 is 9.47 Å². The van der Waals surface area contributed by atoms with E-state index in [0.717, 1.165) is 22.8 Å². The lowest BCUT2D eigenvalue weighted by molar-refractivity contribution is 0.389. The molecule has 21 heavy (non-hydrogen) atoms. The smallest absolute Gasteiger partial charge is 0.127 e. The van der Waals surface area contributed by atoms with Gasteiger partial charge in [0, 0.05) is 28.3 Å². The average Bonchev–Trinajstić information content (AvgIpc) is 2.52. The highest BCUT2D eigenvalue weighted by atomic mass is 32.2. The largest absolute Gasteiger partial charge is 0.497 e. The van der Waals surface area contributed by atoms with Crippen molar-refractivity contribution >= 4 is 11.8 Å². The summed E-state index contributed by atoms with van der Waals surface area (Å²) < 4.78 is 10.6. The zero-order valence-corrected chi connectivity index (χ0v) is 13.4. The van der Waals surface area contributed by atoms with Crippen LogP contribution < -0.4 is 15.2 Å². The van der Waals surface area contributed by atoms with Gasteiger partial charge in [-0.1, -0.05) is 23.8 Å². The number of rotatable bonds is 6. The Balaban J connectivity index is 2.07. The van der Waals surface area contributed by atoms with Crippen molar-refractivity contribution in [1.82, 2.24) is 0 Å². The first-order valence-electron chi connectivity index (χ1n) is 6.81. The predicted molar refractivity (Wildman–Crippen MR) is 88.4 cm³/mol. The Hall–Kier alpha value is -1.65. The molecule has 0 saturated carbocycles. The Labute approximate surface area is 130 Å². The van der Waals surface area contributed by atoms with Crippen LogP contribution in [-0.4, -0.2) is 20.0 Å². The van der Waals surface area contributed by atoms with Crippen molar-refractivity contribution in [2.24, 2.45) is 5.73 Å². The standard InChI is InChI=1S/C17H21NO2S/c1-12-5-4-6-14(9-12)21-11-16(18)15-8-7-13(19-2)10-17(15)20-3/h4-10,16H,11,18H2,1-3H3. The molecule has 0 radical (unpaired) electrons. The van der Waals surface area contributed by atoms with E-state index in [9.17, 15) is 0 Å². The van der Waals surface area contributed by atoms with Crippen LogP contribution in [0.15, 0.2) is 47.4 Å². The Kier molecular flexibility index (Phi) is 5.53. The van der Waals surface area contributed by atoms with Gasteiger partial charge in [0.2, 0.25) is 0 Å². The van der Waals surface area contributed by atoms with Crippen LogP contribution in [0.5, 0.6) is 11.5 Å². The summed E-state index contributed by atoms with van der Waals surface area (Å²) in [5.74, 6) is 2.34. The van der Waals surface area contributed by atoms with Crippen molar-refractivity contribution in [2.75, 3.05) is 20.0 Å². The maximum atomic E-state index is 6.31. The number of hydrogen-bond acceptors (Lipinski definition) is 4. The third-order valence-electron chi connectivity index (χ3n) is 3.26. The molecule has 0 aromatic heterocycles. The molecule has 2 N–H and O–H groups in total. The molecule has 0 saturated heterocycles. The molecule has 0 amide bonds. The van der Waals surface area contributed by atoms with Crippen molar-refractivity contribution in [3.05, 3.63) is 53.6 Å². The lowest BCUT2D eigenvalue weighted by atomic mass is 10.1.